The van der Waals surface area contributed by atoms with Crippen LogP contribution in [0.4, 0.5) is 0 Å². The summed E-state index contributed by atoms with van der Waals surface area (Å²) in [5.41, 5.74) is 8.21. The molecule has 11 heavy (non-hydrogen) atoms. The average Bonchev–Trinajstić information content (AvgIpc) is 2.03. The highest BCUT2D eigenvalue weighted by atomic mass is 14.5. The van der Waals surface area contributed by atoms with Gasteiger partial charge in [-0.25, -0.2) is 0 Å². The van der Waals surface area contributed by atoms with E-state index in [1.807, 2.05) is 0 Å². The molecule has 0 aliphatic heterocycles. The van der Waals surface area contributed by atoms with Crippen LogP contribution in [0.1, 0.15) is 33.6 Å². The van der Waals surface area contributed by atoms with E-state index >= 15 is 0 Å². The Morgan fingerprint density at radius 3 is 2.27 bits per heavy atom. The lowest BCUT2D eigenvalue weighted by molar-refractivity contribution is 1.04. The number of hydrogen-bond donors (Lipinski definition) is 1. The second-order valence-electron chi connectivity index (χ2n) is 2.85. The van der Waals surface area contributed by atoms with E-state index in [1.54, 1.807) is 0 Å². The zero-order valence-electron chi connectivity index (χ0n) is 7.85. The zero-order chi connectivity index (χ0) is 8.69. The van der Waals surface area contributed by atoms with Crippen LogP contribution < -0.4 is 5.73 Å². The Labute approximate surface area is 70.0 Å². The monoisotopic (exact) mass is 153 g/mol. The molecule has 0 bridgehead atoms. The zero-order valence-corrected chi connectivity index (χ0v) is 7.85. The van der Waals surface area contributed by atoms with Crippen molar-refractivity contribution < 1.29 is 0 Å². The fourth-order valence-electron chi connectivity index (χ4n) is 0.775. The summed E-state index contributed by atoms with van der Waals surface area (Å²) in [5, 5.41) is 0. The molecule has 0 heterocycles. The molecule has 0 spiro atoms. The highest BCUT2D eigenvalue weighted by molar-refractivity contribution is 5.13. The lowest BCUT2D eigenvalue weighted by atomic mass is 10.1. The van der Waals surface area contributed by atoms with Crippen molar-refractivity contribution in [2.45, 2.75) is 33.6 Å². The Kier molecular flexibility index (Phi) is 5.86. The molecule has 0 aliphatic carbocycles. The van der Waals surface area contributed by atoms with Gasteiger partial charge in [-0.05, 0) is 26.7 Å². The van der Waals surface area contributed by atoms with Crippen LogP contribution in [-0.4, -0.2) is 6.54 Å². The Hall–Kier alpha value is -0.560. The summed E-state index contributed by atoms with van der Waals surface area (Å²) in [6, 6.07) is 0. The van der Waals surface area contributed by atoms with Gasteiger partial charge in [0.05, 0.1) is 0 Å². The van der Waals surface area contributed by atoms with Gasteiger partial charge in [0.15, 0.2) is 0 Å². The average molecular weight is 153 g/mol. The van der Waals surface area contributed by atoms with E-state index in [0.717, 1.165) is 12.8 Å². The number of rotatable bonds is 4. The maximum Gasteiger partial charge on any atom is 0.0136 e. The minimum atomic E-state index is 0.686. The van der Waals surface area contributed by atoms with E-state index in [4.69, 9.17) is 5.73 Å². The van der Waals surface area contributed by atoms with Gasteiger partial charge in [0, 0.05) is 6.54 Å². The van der Waals surface area contributed by atoms with Crippen LogP contribution in [0, 0.1) is 0 Å². The van der Waals surface area contributed by atoms with Gasteiger partial charge in [-0.3, -0.25) is 0 Å². The molecule has 0 unspecified atom stereocenters. The number of allylic oxidation sites excluding steroid dienone is 3. The molecule has 0 saturated heterocycles. The Balaban J connectivity index is 3.85. The predicted molar refractivity (Wildman–Crippen MR) is 51.5 cm³/mol. The molecular weight excluding hydrogens is 134 g/mol. The molecule has 0 fully saturated rings. The lowest BCUT2D eigenvalue weighted by Crippen LogP contribution is -2.01. The van der Waals surface area contributed by atoms with E-state index in [9.17, 15) is 0 Å². The smallest absolute Gasteiger partial charge is 0.0136 e. The van der Waals surface area contributed by atoms with Gasteiger partial charge < -0.3 is 5.73 Å². The van der Waals surface area contributed by atoms with Gasteiger partial charge >= 0.3 is 0 Å². The summed E-state index contributed by atoms with van der Waals surface area (Å²) in [6.45, 7) is 7.06. The van der Waals surface area contributed by atoms with Crippen LogP contribution in [0.25, 0.3) is 0 Å². The quantitative estimate of drug-likeness (QED) is 0.617. The van der Waals surface area contributed by atoms with Crippen molar-refractivity contribution in [3.63, 3.8) is 0 Å². The van der Waals surface area contributed by atoms with Crippen LogP contribution in [0.15, 0.2) is 23.3 Å². The minimum Gasteiger partial charge on any atom is -0.327 e. The highest BCUT2D eigenvalue weighted by Crippen LogP contribution is 2.06. The minimum absolute atomic E-state index is 0.686. The van der Waals surface area contributed by atoms with Crippen LogP contribution >= 0.6 is 0 Å². The second kappa shape index (κ2) is 6.17. The fraction of sp³-hybridized carbons (Fsp3) is 0.600. The van der Waals surface area contributed by atoms with Crippen LogP contribution in [0.5, 0.6) is 0 Å². The van der Waals surface area contributed by atoms with E-state index < -0.39 is 0 Å². The molecule has 64 valence electrons. The SMILES string of the molecule is CC/C=C\C/C(C)=C(\C)CN. The molecule has 0 rings (SSSR count). The van der Waals surface area contributed by atoms with Gasteiger partial charge in [-0.1, -0.05) is 30.2 Å². The molecule has 0 radical (unpaired) electrons. The van der Waals surface area contributed by atoms with Crippen molar-refractivity contribution in [3.05, 3.63) is 23.3 Å². The van der Waals surface area contributed by atoms with Crippen molar-refractivity contribution in [2.75, 3.05) is 6.54 Å². The third-order valence-electron chi connectivity index (χ3n) is 1.86. The van der Waals surface area contributed by atoms with Crippen molar-refractivity contribution in [1.29, 1.82) is 0 Å². The Morgan fingerprint density at radius 2 is 1.82 bits per heavy atom. The summed E-state index contributed by atoms with van der Waals surface area (Å²) < 4.78 is 0. The summed E-state index contributed by atoms with van der Waals surface area (Å²) in [6.07, 6.45) is 6.56. The first kappa shape index (κ1) is 10.4. The molecule has 1 heteroatoms. The molecule has 2 N–H and O–H groups in total. The van der Waals surface area contributed by atoms with Crippen LogP contribution in [0.3, 0.4) is 0 Å². The third kappa shape index (κ3) is 4.79. The van der Waals surface area contributed by atoms with Crippen molar-refractivity contribution >= 4 is 0 Å². The first-order valence-electron chi connectivity index (χ1n) is 4.22. The first-order chi connectivity index (χ1) is 5.22. The first-order valence-corrected chi connectivity index (χ1v) is 4.22. The number of nitrogens with two attached hydrogens (primary N) is 1. The van der Waals surface area contributed by atoms with Gasteiger partial charge in [0.2, 0.25) is 0 Å². The molecule has 0 amide bonds. The summed E-state index contributed by atoms with van der Waals surface area (Å²) >= 11 is 0. The summed E-state index contributed by atoms with van der Waals surface area (Å²) in [4.78, 5) is 0. The lowest BCUT2D eigenvalue weighted by Gasteiger charge is -2.01. The Morgan fingerprint density at radius 1 is 1.18 bits per heavy atom. The molecule has 0 atom stereocenters. The van der Waals surface area contributed by atoms with E-state index in [0.29, 0.717) is 6.54 Å². The fourth-order valence-corrected chi connectivity index (χ4v) is 0.775. The molecule has 0 aromatic carbocycles. The predicted octanol–water partition coefficient (Wildman–Crippen LogP) is 2.64. The van der Waals surface area contributed by atoms with Crippen molar-refractivity contribution in [3.8, 4) is 0 Å². The molecule has 0 aromatic rings. The molecule has 0 aliphatic rings. The number of hydrogen-bond acceptors (Lipinski definition) is 1. The van der Waals surface area contributed by atoms with Crippen LogP contribution in [-0.2, 0) is 0 Å². The summed E-state index contributed by atoms with van der Waals surface area (Å²) in [5.74, 6) is 0. The van der Waals surface area contributed by atoms with Gasteiger partial charge in [-0.2, -0.15) is 0 Å². The molecule has 0 saturated carbocycles. The molecule has 0 aromatic heterocycles. The third-order valence-corrected chi connectivity index (χ3v) is 1.86. The van der Waals surface area contributed by atoms with E-state index in [-0.39, 0.29) is 0 Å². The van der Waals surface area contributed by atoms with Gasteiger partial charge in [0.25, 0.3) is 0 Å². The highest BCUT2D eigenvalue weighted by Gasteiger charge is 1.90. The Bertz CT molecular complexity index is 154. The maximum atomic E-state index is 5.50. The normalized spacial score (nSPS) is 13.8. The van der Waals surface area contributed by atoms with E-state index in [1.165, 1.54) is 11.1 Å². The van der Waals surface area contributed by atoms with Crippen molar-refractivity contribution in [1.82, 2.24) is 0 Å². The summed E-state index contributed by atoms with van der Waals surface area (Å²) in [7, 11) is 0. The topological polar surface area (TPSA) is 26.0 Å². The second-order valence-corrected chi connectivity index (χ2v) is 2.85. The van der Waals surface area contributed by atoms with Gasteiger partial charge in [0.1, 0.15) is 0 Å². The molecule has 1 nitrogen and oxygen atoms in total. The van der Waals surface area contributed by atoms with Gasteiger partial charge in [-0.15, -0.1) is 0 Å². The van der Waals surface area contributed by atoms with E-state index in [2.05, 4.69) is 32.9 Å². The van der Waals surface area contributed by atoms with Crippen molar-refractivity contribution in [2.24, 2.45) is 5.73 Å². The largest absolute Gasteiger partial charge is 0.327 e. The van der Waals surface area contributed by atoms with Crippen LogP contribution in [0.2, 0.25) is 0 Å². The standard InChI is InChI=1S/C10H19N/c1-4-5-6-7-9(2)10(3)8-11/h5-6H,4,7-8,11H2,1-3H3/b6-5-,10-9+. The maximum absolute atomic E-state index is 5.50. The molecular formula is C10H19N.